The molecule has 0 aromatic heterocycles. The molecular formula is C44H72N6O2S2. The SMILES string of the molecule is c1cc(N2CCN(CCCCCCCCSSCCCCCCCCN3CCN(c4ccc(N5CCOCC5)cc4)CC3)CC2)ccc1N1CCOCC1. The summed E-state index contributed by atoms with van der Waals surface area (Å²) < 4.78 is 11.0. The Morgan fingerprint density at radius 3 is 0.944 bits per heavy atom. The van der Waals surface area contributed by atoms with Gasteiger partial charge in [0.15, 0.2) is 0 Å². The largest absolute Gasteiger partial charge is 0.378 e. The lowest BCUT2D eigenvalue weighted by Gasteiger charge is -2.36. The van der Waals surface area contributed by atoms with Gasteiger partial charge in [0.25, 0.3) is 0 Å². The molecule has 10 heteroatoms. The zero-order chi connectivity index (χ0) is 36.9. The predicted molar refractivity (Wildman–Crippen MR) is 237 cm³/mol. The molecule has 0 amide bonds. The second kappa shape index (κ2) is 24.7. The molecule has 0 N–H and O–H groups in total. The smallest absolute Gasteiger partial charge is 0.0642 e. The summed E-state index contributed by atoms with van der Waals surface area (Å²) in [6, 6.07) is 18.5. The standard InChI is InChI=1S/C44H72N6O2S2/c1(5-9-21-45-23-27-47(28-24-45)41-13-17-43(18-14-41)49-31-35-51-36-32-49)3-7-11-39-53-54-40-12-8-4-2-6-10-22-46-25-29-48(30-26-46)42-15-19-44(20-16-42)50-33-37-52-38-34-50/h13-20H,1-12,21-40H2. The number of unbranched alkanes of at least 4 members (excludes halogenated alkanes) is 10. The molecule has 0 aliphatic carbocycles. The molecule has 0 radical (unpaired) electrons. The first kappa shape index (κ1) is 41.8. The Bertz CT molecular complexity index is 1150. The van der Waals surface area contributed by atoms with Crippen LogP contribution in [0.25, 0.3) is 0 Å². The highest BCUT2D eigenvalue weighted by Crippen LogP contribution is 2.26. The summed E-state index contributed by atoms with van der Waals surface area (Å²) in [4.78, 5) is 15.4. The molecule has 0 bridgehead atoms. The third-order valence-corrected chi connectivity index (χ3v) is 14.5. The van der Waals surface area contributed by atoms with E-state index in [9.17, 15) is 0 Å². The second-order valence-electron chi connectivity index (χ2n) is 15.8. The third-order valence-electron chi connectivity index (χ3n) is 11.9. The highest BCUT2D eigenvalue weighted by molar-refractivity contribution is 8.76. The van der Waals surface area contributed by atoms with Crippen molar-refractivity contribution < 1.29 is 9.47 Å². The number of hydrogen-bond acceptors (Lipinski definition) is 10. The van der Waals surface area contributed by atoms with Gasteiger partial charge >= 0.3 is 0 Å². The number of ether oxygens (including phenoxy) is 2. The van der Waals surface area contributed by atoms with Crippen molar-refractivity contribution in [2.45, 2.75) is 77.0 Å². The molecule has 4 saturated heterocycles. The van der Waals surface area contributed by atoms with Gasteiger partial charge in [-0.2, -0.15) is 0 Å². The molecule has 4 aliphatic heterocycles. The van der Waals surface area contributed by atoms with Gasteiger partial charge in [0, 0.05) is 113 Å². The zero-order valence-corrected chi connectivity index (χ0v) is 35.2. The summed E-state index contributed by atoms with van der Waals surface area (Å²) in [5.74, 6) is 2.67. The summed E-state index contributed by atoms with van der Waals surface area (Å²) >= 11 is 0. The van der Waals surface area contributed by atoms with Gasteiger partial charge in [-0.15, -0.1) is 0 Å². The van der Waals surface area contributed by atoms with Gasteiger partial charge < -0.3 is 29.1 Å². The molecule has 302 valence electrons. The molecule has 2 aromatic carbocycles. The van der Waals surface area contributed by atoms with Crippen LogP contribution in [0.5, 0.6) is 0 Å². The monoisotopic (exact) mass is 781 g/mol. The maximum absolute atomic E-state index is 5.50. The number of benzene rings is 2. The molecular weight excluding hydrogens is 709 g/mol. The number of rotatable bonds is 23. The van der Waals surface area contributed by atoms with Crippen LogP contribution in [-0.2, 0) is 9.47 Å². The van der Waals surface area contributed by atoms with Crippen molar-refractivity contribution in [2.75, 3.05) is 149 Å². The van der Waals surface area contributed by atoms with Gasteiger partial charge in [-0.05, 0) is 87.3 Å². The van der Waals surface area contributed by atoms with E-state index in [1.165, 1.54) is 151 Å². The number of nitrogens with zero attached hydrogens (tertiary/aromatic N) is 6. The second-order valence-corrected chi connectivity index (χ2v) is 18.5. The highest BCUT2D eigenvalue weighted by Gasteiger charge is 2.19. The maximum Gasteiger partial charge on any atom is 0.0642 e. The van der Waals surface area contributed by atoms with E-state index < -0.39 is 0 Å². The van der Waals surface area contributed by atoms with Crippen molar-refractivity contribution in [3.8, 4) is 0 Å². The van der Waals surface area contributed by atoms with Crippen LogP contribution >= 0.6 is 21.6 Å². The summed E-state index contributed by atoms with van der Waals surface area (Å²) in [7, 11) is 4.25. The predicted octanol–water partition coefficient (Wildman–Crippen LogP) is 8.37. The first-order chi connectivity index (χ1) is 26.8. The molecule has 0 atom stereocenters. The van der Waals surface area contributed by atoms with Crippen LogP contribution in [0.1, 0.15) is 77.0 Å². The lowest BCUT2D eigenvalue weighted by molar-refractivity contribution is 0.122. The fraction of sp³-hybridized carbons (Fsp3) is 0.727. The van der Waals surface area contributed by atoms with Crippen LogP contribution in [0, 0.1) is 0 Å². The van der Waals surface area contributed by atoms with Gasteiger partial charge in [-0.3, -0.25) is 9.80 Å². The Morgan fingerprint density at radius 1 is 0.333 bits per heavy atom. The van der Waals surface area contributed by atoms with Crippen molar-refractivity contribution >= 4 is 44.3 Å². The van der Waals surface area contributed by atoms with Crippen molar-refractivity contribution in [3.05, 3.63) is 48.5 Å². The first-order valence-electron chi connectivity index (χ1n) is 21.9. The minimum Gasteiger partial charge on any atom is -0.378 e. The fourth-order valence-corrected chi connectivity index (χ4v) is 10.7. The van der Waals surface area contributed by atoms with Crippen molar-refractivity contribution in [1.82, 2.24) is 9.80 Å². The minimum atomic E-state index is 0.845. The van der Waals surface area contributed by atoms with Crippen molar-refractivity contribution in [1.29, 1.82) is 0 Å². The number of morpholine rings is 2. The molecule has 4 aliphatic rings. The van der Waals surface area contributed by atoms with Crippen LogP contribution in [0.15, 0.2) is 48.5 Å². The number of piperazine rings is 2. The average Bonchev–Trinajstić information content (AvgIpc) is 3.24. The molecule has 54 heavy (non-hydrogen) atoms. The van der Waals surface area contributed by atoms with Crippen LogP contribution in [0.3, 0.4) is 0 Å². The van der Waals surface area contributed by atoms with E-state index in [-0.39, 0.29) is 0 Å². The van der Waals surface area contributed by atoms with E-state index in [2.05, 4.69) is 99.5 Å². The Hall–Kier alpha value is -1.82. The summed E-state index contributed by atoms with van der Waals surface area (Å²) in [5.41, 5.74) is 5.42. The van der Waals surface area contributed by atoms with Crippen molar-refractivity contribution in [3.63, 3.8) is 0 Å². The molecule has 8 nitrogen and oxygen atoms in total. The van der Waals surface area contributed by atoms with Gasteiger partial charge in [-0.1, -0.05) is 73.0 Å². The fourth-order valence-electron chi connectivity index (χ4n) is 8.38. The third kappa shape index (κ3) is 14.6. The number of hydrogen-bond donors (Lipinski definition) is 0. The van der Waals surface area contributed by atoms with Gasteiger partial charge in [0.1, 0.15) is 0 Å². The molecule has 4 heterocycles. The molecule has 4 fully saturated rings. The van der Waals surface area contributed by atoms with Gasteiger partial charge in [0.2, 0.25) is 0 Å². The highest BCUT2D eigenvalue weighted by atomic mass is 33.1. The van der Waals surface area contributed by atoms with Gasteiger partial charge in [0.05, 0.1) is 26.4 Å². The quantitative estimate of drug-likeness (QED) is 0.0812. The molecule has 0 unspecified atom stereocenters. The molecule has 2 aromatic rings. The van der Waals surface area contributed by atoms with E-state index in [0.29, 0.717) is 0 Å². The van der Waals surface area contributed by atoms with Crippen LogP contribution in [0.4, 0.5) is 22.7 Å². The maximum atomic E-state index is 5.50. The van der Waals surface area contributed by atoms with Crippen LogP contribution in [0.2, 0.25) is 0 Å². The topological polar surface area (TPSA) is 37.9 Å². The van der Waals surface area contributed by atoms with E-state index in [0.717, 1.165) is 78.8 Å². The molecule has 0 saturated carbocycles. The summed E-state index contributed by atoms with van der Waals surface area (Å²) in [5, 5.41) is 0. The van der Waals surface area contributed by atoms with E-state index >= 15 is 0 Å². The number of anilines is 4. The Morgan fingerprint density at radius 2 is 0.611 bits per heavy atom. The van der Waals surface area contributed by atoms with E-state index in [1.807, 2.05) is 0 Å². The lowest BCUT2D eigenvalue weighted by Crippen LogP contribution is -2.46. The summed E-state index contributed by atoms with van der Waals surface area (Å²) in [6.07, 6.45) is 16.8. The van der Waals surface area contributed by atoms with Crippen LogP contribution in [-0.4, -0.2) is 139 Å². The zero-order valence-electron chi connectivity index (χ0n) is 33.6. The summed E-state index contributed by atoms with van der Waals surface area (Å²) in [6.45, 7) is 19.4. The van der Waals surface area contributed by atoms with E-state index in [1.54, 1.807) is 0 Å². The molecule has 6 rings (SSSR count). The van der Waals surface area contributed by atoms with Crippen LogP contribution < -0.4 is 19.6 Å². The Balaban J connectivity index is 0.658. The van der Waals surface area contributed by atoms with E-state index in [4.69, 9.17) is 9.47 Å². The first-order valence-corrected chi connectivity index (χ1v) is 24.4. The lowest BCUT2D eigenvalue weighted by atomic mass is 10.1. The molecule has 0 spiro atoms. The van der Waals surface area contributed by atoms with Crippen molar-refractivity contribution in [2.24, 2.45) is 0 Å². The Labute approximate surface area is 337 Å². The average molecular weight is 781 g/mol. The van der Waals surface area contributed by atoms with Gasteiger partial charge in [-0.25, -0.2) is 0 Å². The Kier molecular flexibility index (Phi) is 19.1. The normalized spacial score (nSPS) is 19.2. The minimum absolute atomic E-state index is 0.845.